The van der Waals surface area contributed by atoms with Gasteiger partial charge in [-0.15, -0.1) is 0 Å². The molecule has 1 aromatic heterocycles. The predicted octanol–water partition coefficient (Wildman–Crippen LogP) is 2.01. The van der Waals surface area contributed by atoms with Crippen LogP contribution >= 0.6 is 0 Å². The third kappa shape index (κ3) is 1.64. The van der Waals surface area contributed by atoms with E-state index in [1.54, 1.807) is 0 Å². The fourth-order valence-corrected chi connectivity index (χ4v) is 1.59. The molecule has 0 atom stereocenters. The Balaban J connectivity index is 2.67. The average molecular weight is 224 g/mol. The van der Waals surface area contributed by atoms with Gasteiger partial charge in [-0.25, -0.2) is 13.6 Å². The fourth-order valence-electron chi connectivity index (χ4n) is 1.59. The normalized spacial score (nSPS) is 10.7. The fraction of sp³-hybridized carbons (Fsp3) is 0.182. The molecular formula is C11H10F2N2O. The van der Waals surface area contributed by atoms with Crippen LogP contribution in [0, 0.1) is 11.6 Å². The maximum Gasteiger partial charge on any atom is 0.330 e. The van der Waals surface area contributed by atoms with E-state index in [1.165, 1.54) is 16.8 Å². The monoisotopic (exact) mass is 224 g/mol. The van der Waals surface area contributed by atoms with Crippen LogP contribution in [0.2, 0.25) is 0 Å². The summed E-state index contributed by atoms with van der Waals surface area (Å²) >= 11 is 0. The van der Waals surface area contributed by atoms with E-state index in [4.69, 9.17) is 0 Å². The van der Waals surface area contributed by atoms with Crippen LogP contribution in [0.3, 0.4) is 0 Å². The van der Waals surface area contributed by atoms with Crippen molar-refractivity contribution in [2.24, 2.45) is 0 Å². The van der Waals surface area contributed by atoms with Crippen molar-refractivity contribution in [1.82, 2.24) is 9.55 Å². The van der Waals surface area contributed by atoms with Crippen molar-refractivity contribution in [2.45, 2.75) is 13.3 Å². The Morgan fingerprint density at radius 3 is 2.75 bits per heavy atom. The summed E-state index contributed by atoms with van der Waals surface area (Å²) in [6.07, 6.45) is 2.10. The summed E-state index contributed by atoms with van der Waals surface area (Å²) < 4.78 is 27.4. The third-order valence-corrected chi connectivity index (χ3v) is 2.37. The summed E-state index contributed by atoms with van der Waals surface area (Å²) in [5.74, 6) is -1.42. The summed E-state index contributed by atoms with van der Waals surface area (Å²) in [6, 6.07) is 3.13. The van der Waals surface area contributed by atoms with E-state index >= 15 is 0 Å². The van der Waals surface area contributed by atoms with Gasteiger partial charge in [0.1, 0.15) is 11.6 Å². The first kappa shape index (κ1) is 10.6. The van der Waals surface area contributed by atoms with Crippen LogP contribution in [0.25, 0.3) is 5.69 Å². The van der Waals surface area contributed by atoms with Crippen LogP contribution in [-0.4, -0.2) is 9.55 Å². The van der Waals surface area contributed by atoms with E-state index < -0.39 is 17.3 Å². The van der Waals surface area contributed by atoms with Crippen molar-refractivity contribution in [3.63, 3.8) is 0 Å². The van der Waals surface area contributed by atoms with Gasteiger partial charge in [0.05, 0.1) is 5.69 Å². The zero-order valence-corrected chi connectivity index (χ0v) is 8.63. The summed E-state index contributed by atoms with van der Waals surface area (Å²) in [7, 11) is 0. The maximum absolute atomic E-state index is 13.5. The molecule has 2 rings (SSSR count). The molecule has 0 aliphatic carbocycles. The number of nitrogens with zero attached hydrogens (tertiary/aromatic N) is 1. The van der Waals surface area contributed by atoms with Crippen molar-refractivity contribution < 1.29 is 8.78 Å². The van der Waals surface area contributed by atoms with Crippen LogP contribution in [0.4, 0.5) is 8.78 Å². The number of aromatic amines is 1. The molecule has 0 fully saturated rings. The van der Waals surface area contributed by atoms with Gasteiger partial charge in [-0.05, 0) is 18.6 Å². The van der Waals surface area contributed by atoms with E-state index in [0.29, 0.717) is 12.1 Å². The molecule has 0 aliphatic rings. The van der Waals surface area contributed by atoms with Gasteiger partial charge >= 0.3 is 5.69 Å². The van der Waals surface area contributed by atoms with Crippen LogP contribution in [0.1, 0.15) is 12.6 Å². The smallest absolute Gasteiger partial charge is 0.312 e. The summed E-state index contributed by atoms with van der Waals surface area (Å²) in [6.45, 7) is 1.85. The van der Waals surface area contributed by atoms with Crippen molar-refractivity contribution in [2.75, 3.05) is 0 Å². The summed E-state index contributed by atoms with van der Waals surface area (Å²) in [5.41, 5.74) is 0.280. The highest BCUT2D eigenvalue weighted by atomic mass is 19.1. The highest BCUT2D eigenvalue weighted by Crippen LogP contribution is 2.15. The summed E-state index contributed by atoms with van der Waals surface area (Å²) in [5, 5.41) is 0. The lowest BCUT2D eigenvalue weighted by atomic mass is 10.2. The molecule has 84 valence electrons. The lowest BCUT2D eigenvalue weighted by molar-refractivity contribution is 0.575. The molecule has 0 radical (unpaired) electrons. The Bertz CT molecular complexity index is 572. The first-order chi connectivity index (χ1) is 7.63. The SMILES string of the molecule is CCc1c[nH]c(=O)n1-c1ccc(F)cc1F. The van der Waals surface area contributed by atoms with Gasteiger partial charge in [-0.1, -0.05) is 6.92 Å². The molecule has 1 N–H and O–H groups in total. The Kier molecular flexibility index (Phi) is 2.60. The number of imidazole rings is 1. The molecule has 0 saturated heterocycles. The molecular weight excluding hydrogens is 214 g/mol. The number of H-pyrrole nitrogens is 1. The second-order valence-electron chi connectivity index (χ2n) is 3.37. The lowest BCUT2D eigenvalue weighted by Crippen LogP contribution is -2.18. The molecule has 1 heterocycles. The van der Waals surface area contributed by atoms with Gasteiger partial charge in [-0.3, -0.25) is 4.57 Å². The molecule has 0 spiro atoms. The number of aromatic nitrogens is 2. The predicted molar refractivity (Wildman–Crippen MR) is 55.7 cm³/mol. The summed E-state index contributed by atoms with van der Waals surface area (Å²) in [4.78, 5) is 14.0. The highest BCUT2D eigenvalue weighted by molar-refractivity contribution is 5.35. The quantitative estimate of drug-likeness (QED) is 0.832. The van der Waals surface area contributed by atoms with Crippen molar-refractivity contribution in [1.29, 1.82) is 0 Å². The molecule has 5 heteroatoms. The second-order valence-corrected chi connectivity index (χ2v) is 3.37. The molecule has 0 aliphatic heterocycles. The number of hydrogen-bond acceptors (Lipinski definition) is 1. The number of aryl methyl sites for hydroxylation is 1. The largest absolute Gasteiger partial charge is 0.330 e. The van der Waals surface area contributed by atoms with Crippen LogP contribution in [-0.2, 0) is 6.42 Å². The van der Waals surface area contributed by atoms with Crippen LogP contribution < -0.4 is 5.69 Å². The Morgan fingerprint density at radius 2 is 2.12 bits per heavy atom. The number of halogens is 2. The Hall–Kier alpha value is -1.91. The highest BCUT2D eigenvalue weighted by Gasteiger charge is 2.11. The van der Waals surface area contributed by atoms with E-state index in [-0.39, 0.29) is 5.69 Å². The van der Waals surface area contributed by atoms with Gasteiger partial charge in [0, 0.05) is 18.0 Å². The second kappa shape index (κ2) is 3.92. The van der Waals surface area contributed by atoms with E-state index in [9.17, 15) is 13.6 Å². The number of hydrogen-bond donors (Lipinski definition) is 1. The molecule has 0 bridgehead atoms. The molecule has 0 amide bonds. The molecule has 16 heavy (non-hydrogen) atoms. The van der Waals surface area contributed by atoms with Gasteiger partial charge in [0.15, 0.2) is 0 Å². The minimum Gasteiger partial charge on any atom is -0.312 e. The number of benzene rings is 1. The first-order valence-corrected chi connectivity index (χ1v) is 4.88. The van der Waals surface area contributed by atoms with Crippen LogP contribution in [0.5, 0.6) is 0 Å². The zero-order valence-electron chi connectivity index (χ0n) is 8.63. The van der Waals surface area contributed by atoms with Crippen molar-refractivity contribution in [3.05, 3.63) is 52.2 Å². The van der Waals surface area contributed by atoms with Gasteiger partial charge < -0.3 is 4.98 Å². The van der Waals surface area contributed by atoms with Gasteiger partial charge in [0.2, 0.25) is 0 Å². The Labute approximate surface area is 90.3 Å². The first-order valence-electron chi connectivity index (χ1n) is 4.88. The minimum atomic E-state index is -0.753. The van der Waals surface area contributed by atoms with Gasteiger partial charge in [-0.2, -0.15) is 0 Å². The molecule has 0 unspecified atom stereocenters. The van der Waals surface area contributed by atoms with Crippen molar-refractivity contribution >= 4 is 0 Å². The number of rotatable bonds is 2. The average Bonchev–Trinajstić information content (AvgIpc) is 2.60. The maximum atomic E-state index is 13.5. The van der Waals surface area contributed by atoms with E-state index in [0.717, 1.165) is 12.1 Å². The van der Waals surface area contributed by atoms with E-state index in [2.05, 4.69) is 4.98 Å². The molecule has 2 aromatic rings. The van der Waals surface area contributed by atoms with Crippen molar-refractivity contribution in [3.8, 4) is 5.69 Å². The molecule has 0 saturated carbocycles. The minimum absolute atomic E-state index is 0.0597. The number of nitrogens with one attached hydrogen (secondary N) is 1. The standard InChI is InChI=1S/C11H10F2N2O/c1-2-8-6-14-11(16)15(8)10-4-3-7(12)5-9(10)13/h3-6H,2H2,1H3,(H,14,16). The topological polar surface area (TPSA) is 37.8 Å². The van der Waals surface area contributed by atoms with Crippen LogP contribution in [0.15, 0.2) is 29.2 Å². The third-order valence-electron chi connectivity index (χ3n) is 2.37. The molecule has 1 aromatic carbocycles. The van der Waals surface area contributed by atoms with Gasteiger partial charge in [0.25, 0.3) is 0 Å². The molecule has 3 nitrogen and oxygen atoms in total. The lowest BCUT2D eigenvalue weighted by Gasteiger charge is -2.06. The van der Waals surface area contributed by atoms with E-state index in [1.807, 2.05) is 6.92 Å². The zero-order chi connectivity index (χ0) is 11.7. The Morgan fingerprint density at radius 1 is 1.38 bits per heavy atom.